The Kier molecular flexibility index (Phi) is 10.7. The van der Waals surface area contributed by atoms with E-state index in [2.05, 4.69) is 20.6 Å². The number of benzene rings is 1. The second kappa shape index (κ2) is 13.5. The van der Waals surface area contributed by atoms with Crippen LogP contribution >= 0.6 is 24.0 Å². The quantitative estimate of drug-likeness (QED) is 0.221. The first-order valence-corrected chi connectivity index (χ1v) is 10.2. The van der Waals surface area contributed by atoms with Gasteiger partial charge in [-0.25, -0.2) is 9.98 Å². The molecule has 0 atom stereocenters. The molecule has 0 saturated carbocycles. The number of rotatable bonds is 10. The first kappa shape index (κ1) is 24.5. The van der Waals surface area contributed by atoms with Crippen molar-refractivity contribution in [1.82, 2.24) is 15.6 Å². The van der Waals surface area contributed by atoms with E-state index in [1.165, 1.54) is 0 Å². The maximum Gasteiger partial charge on any atom is 0.219 e. The van der Waals surface area contributed by atoms with Crippen molar-refractivity contribution in [2.45, 2.75) is 26.8 Å². The molecule has 0 unspecified atom stereocenters. The highest BCUT2D eigenvalue weighted by Crippen LogP contribution is 2.30. The number of ether oxygens (including phenoxy) is 2. The third-order valence-electron chi connectivity index (χ3n) is 4.17. The molecule has 2 aromatic heterocycles. The second-order valence-corrected chi connectivity index (χ2v) is 6.44. The Hall–Kier alpha value is -2.75. The monoisotopic (exact) mass is 536 g/mol. The van der Waals surface area contributed by atoms with Crippen molar-refractivity contribution in [3.63, 3.8) is 0 Å². The summed E-state index contributed by atoms with van der Waals surface area (Å²) in [7, 11) is 0. The average molecular weight is 536 g/mol. The van der Waals surface area contributed by atoms with Gasteiger partial charge >= 0.3 is 0 Å². The molecular formula is C23H29IN4O3. The molecule has 0 saturated heterocycles. The summed E-state index contributed by atoms with van der Waals surface area (Å²) in [5.74, 6) is 3.57. The number of hydrogen-bond donors (Lipinski definition) is 2. The van der Waals surface area contributed by atoms with Crippen molar-refractivity contribution in [1.29, 1.82) is 0 Å². The molecule has 0 spiro atoms. The number of aromatic nitrogens is 1. The van der Waals surface area contributed by atoms with Crippen LogP contribution in [0.25, 0.3) is 0 Å². The van der Waals surface area contributed by atoms with Gasteiger partial charge in [-0.2, -0.15) is 0 Å². The van der Waals surface area contributed by atoms with Crippen molar-refractivity contribution in [2.75, 3.05) is 19.7 Å². The number of hydrogen-bond acceptors (Lipinski definition) is 5. The third kappa shape index (κ3) is 8.12. The van der Waals surface area contributed by atoms with E-state index in [1.807, 2.05) is 62.4 Å². The zero-order valence-electron chi connectivity index (χ0n) is 17.8. The molecule has 8 heteroatoms. The Bertz CT molecular complexity index is 915. The average Bonchev–Trinajstić information content (AvgIpc) is 3.28. The Morgan fingerprint density at radius 3 is 2.55 bits per heavy atom. The minimum atomic E-state index is 0. The van der Waals surface area contributed by atoms with Crippen molar-refractivity contribution in [3.05, 3.63) is 72.3 Å². The zero-order valence-corrected chi connectivity index (χ0v) is 20.2. The van der Waals surface area contributed by atoms with Gasteiger partial charge < -0.3 is 24.5 Å². The lowest BCUT2D eigenvalue weighted by molar-refractivity contribution is 0.319. The van der Waals surface area contributed by atoms with E-state index in [1.54, 1.807) is 12.5 Å². The SMILES string of the molecule is CCNC(=NCc1ccc(Oc2ccccc2OCC)nc1)NCCc1ccco1.I. The molecule has 7 nitrogen and oxygen atoms in total. The number of halogens is 1. The van der Waals surface area contributed by atoms with Crippen LogP contribution < -0.4 is 20.1 Å². The van der Waals surface area contributed by atoms with Crippen LogP contribution in [0.5, 0.6) is 17.4 Å². The van der Waals surface area contributed by atoms with Gasteiger partial charge in [0.25, 0.3) is 0 Å². The maximum absolute atomic E-state index is 5.86. The highest BCUT2D eigenvalue weighted by atomic mass is 127. The molecule has 0 bridgehead atoms. The van der Waals surface area contributed by atoms with Crippen LogP contribution in [0.3, 0.4) is 0 Å². The van der Waals surface area contributed by atoms with Gasteiger partial charge in [0.1, 0.15) is 5.76 Å². The highest BCUT2D eigenvalue weighted by Gasteiger charge is 2.06. The van der Waals surface area contributed by atoms with Crippen molar-refractivity contribution in [2.24, 2.45) is 4.99 Å². The van der Waals surface area contributed by atoms with Gasteiger partial charge in [0.15, 0.2) is 17.5 Å². The molecule has 0 aliphatic carbocycles. The second-order valence-electron chi connectivity index (χ2n) is 6.44. The molecule has 3 aromatic rings. The van der Waals surface area contributed by atoms with E-state index in [0.29, 0.717) is 30.5 Å². The summed E-state index contributed by atoms with van der Waals surface area (Å²) < 4.78 is 16.8. The summed E-state index contributed by atoms with van der Waals surface area (Å²) >= 11 is 0. The van der Waals surface area contributed by atoms with Crippen LogP contribution in [0, 0.1) is 0 Å². The predicted molar refractivity (Wildman–Crippen MR) is 133 cm³/mol. The smallest absolute Gasteiger partial charge is 0.219 e. The topological polar surface area (TPSA) is 80.9 Å². The number of guanidine groups is 1. The lowest BCUT2D eigenvalue weighted by atomic mass is 10.3. The predicted octanol–water partition coefficient (Wildman–Crippen LogP) is 4.78. The molecule has 0 aliphatic rings. The molecule has 31 heavy (non-hydrogen) atoms. The van der Waals surface area contributed by atoms with Crippen molar-refractivity contribution < 1.29 is 13.9 Å². The van der Waals surface area contributed by atoms with Crippen LogP contribution in [0.1, 0.15) is 25.2 Å². The van der Waals surface area contributed by atoms with Gasteiger partial charge in [0.2, 0.25) is 5.88 Å². The summed E-state index contributed by atoms with van der Waals surface area (Å²) in [4.78, 5) is 9.01. The number of nitrogens with zero attached hydrogens (tertiary/aromatic N) is 2. The van der Waals surface area contributed by atoms with Gasteiger partial charge in [-0.05, 0) is 43.7 Å². The number of furan rings is 1. The van der Waals surface area contributed by atoms with Crippen LogP contribution in [-0.4, -0.2) is 30.6 Å². The van der Waals surface area contributed by atoms with E-state index in [0.717, 1.165) is 36.8 Å². The van der Waals surface area contributed by atoms with E-state index >= 15 is 0 Å². The number of pyridine rings is 1. The Balaban J connectivity index is 0.00000341. The third-order valence-corrected chi connectivity index (χ3v) is 4.17. The normalized spacial score (nSPS) is 10.8. The molecule has 0 amide bonds. The molecule has 3 rings (SSSR count). The molecule has 0 radical (unpaired) electrons. The Labute approximate surface area is 200 Å². The van der Waals surface area contributed by atoms with E-state index in [9.17, 15) is 0 Å². The fraction of sp³-hybridized carbons (Fsp3) is 0.304. The fourth-order valence-electron chi connectivity index (χ4n) is 2.76. The van der Waals surface area contributed by atoms with E-state index in [-0.39, 0.29) is 24.0 Å². The number of nitrogens with one attached hydrogen (secondary N) is 2. The Morgan fingerprint density at radius 2 is 1.87 bits per heavy atom. The van der Waals surface area contributed by atoms with Gasteiger partial charge in [-0.1, -0.05) is 18.2 Å². The molecular weight excluding hydrogens is 507 g/mol. The van der Waals surface area contributed by atoms with E-state index in [4.69, 9.17) is 13.9 Å². The minimum Gasteiger partial charge on any atom is -0.490 e. The molecule has 2 heterocycles. The number of para-hydroxylation sites is 2. The van der Waals surface area contributed by atoms with Crippen molar-refractivity contribution in [3.8, 4) is 17.4 Å². The van der Waals surface area contributed by atoms with Gasteiger partial charge in [-0.3, -0.25) is 0 Å². The Morgan fingerprint density at radius 1 is 1.03 bits per heavy atom. The summed E-state index contributed by atoms with van der Waals surface area (Å²) in [6, 6.07) is 15.2. The highest BCUT2D eigenvalue weighted by molar-refractivity contribution is 14.0. The minimum absolute atomic E-state index is 0. The molecule has 0 aliphatic heterocycles. The van der Waals surface area contributed by atoms with E-state index < -0.39 is 0 Å². The lowest BCUT2D eigenvalue weighted by Crippen LogP contribution is -2.38. The zero-order chi connectivity index (χ0) is 21.0. The summed E-state index contributed by atoms with van der Waals surface area (Å²) in [5.41, 5.74) is 0.990. The summed E-state index contributed by atoms with van der Waals surface area (Å²) in [5, 5.41) is 6.56. The first-order valence-electron chi connectivity index (χ1n) is 10.2. The van der Waals surface area contributed by atoms with Crippen LogP contribution in [0.4, 0.5) is 0 Å². The fourth-order valence-corrected chi connectivity index (χ4v) is 2.76. The molecule has 1 aromatic carbocycles. The van der Waals surface area contributed by atoms with Crippen molar-refractivity contribution >= 4 is 29.9 Å². The molecule has 2 N–H and O–H groups in total. The molecule has 0 fully saturated rings. The standard InChI is InChI=1S/C23H28N4O3.HI/c1-3-24-23(25-14-13-19-8-7-15-29-19)27-17-18-11-12-22(26-16-18)30-21-10-6-5-9-20(21)28-4-2;/h5-12,15-16H,3-4,13-14,17H2,1-2H3,(H2,24,25,27);1H. The lowest BCUT2D eigenvalue weighted by Gasteiger charge is -2.11. The van der Waals surface area contributed by atoms with Crippen LogP contribution in [-0.2, 0) is 13.0 Å². The van der Waals surface area contributed by atoms with Gasteiger partial charge in [0.05, 0.1) is 19.4 Å². The first-order chi connectivity index (χ1) is 14.8. The van der Waals surface area contributed by atoms with Gasteiger partial charge in [-0.15, -0.1) is 24.0 Å². The van der Waals surface area contributed by atoms with Crippen LogP contribution in [0.15, 0.2) is 70.4 Å². The molecule has 166 valence electrons. The van der Waals surface area contributed by atoms with Crippen LogP contribution in [0.2, 0.25) is 0 Å². The summed E-state index contributed by atoms with van der Waals surface area (Å²) in [6.07, 6.45) is 4.26. The van der Waals surface area contributed by atoms with Gasteiger partial charge in [0, 0.05) is 31.8 Å². The maximum atomic E-state index is 5.86. The number of aliphatic imine (C=N–C) groups is 1. The summed E-state index contributed by atoms with van der Waals surface area (Å²) in [6.45, 7) is 6.60. The largest absolute Gasteiger partial charge is 0.490 e.